The monoisotopic (exact) mass is 283 g/mol. The molecule has 20 heavy (non-hydrogen) atoms. The Labute approximate surface area is 124 Å². The number of carbonyl (C=O) groups is 1. The molecule has 2 N–H and O–H groups in total. The summed E-state index contributed by atoms with van der Waals surface area (Å²) in [6.45, 7) is 11.1. The van der Waals surface area contributed by atoms with E-state index in [1.807, 2.05) is 0 Å². The standard InChI is InChI=1S/C16H33N3O/c1-4-5-9-18-16(20)13-19-10-7-6-8-15(19)12-17-11-14(2)3/h14-15,17H,4-13H2,1-3H3,(H,18,20). The van der Waals surface area contributed by atoms with Gasteiger partial charge in [-0.05, 0) is 38.3 Å². The van der Waals surface area contributed by atoms with Crippen LogP contribution in [0.4, 0.5) is 0 Å². The second-order valence-electron chi connectivity index (χ2n) is 6.38. The Balaban J connectivity index is 2.29. The predicted molar refractivity (Wildman–Crippen MR) is 84.8 cm³/mol. The molecule has 1 atom stereocenters. The lowest BCUT2D eigenvalue weighted by Crippen LogP contribution is -2.49. The number of rotatable bonds is 9. The van der Waals surface area contributed by atoms with Crippen LogP contribution in [0.5, 0.6) is 0 Å². The van der Waals surface area contributed by atoms with Crippen LogP contribution in [0.3, 0.4) is 0 Å². The van der Waals surface area contributed by atoms with E-state index in [2.05, 4.69) is 36.3 Å². The van der Waals surface area contributed by atoms with Gasteiger partial charge in [-0.15, -0.1) is 0 Å². The molecule has 1 aliphatic rings. The van der Waals surface area contributed by atoms with Crippen molar-refractivity contribution in [3.05, 3.63) is 0 Å². The van der Waals surface area contributed by atoms with Crippen molar-refractivity contribution in [3.8, 4) is 0 Å². The van der Waals surface area contributed by atoms with Crippen molar-refractivity contribution in [2.75, 3.05) is 32.7 Å². The summed E-state index contributed by atoms with van der Waals surface area (Å²) in [6, 6.07) is 0.527. The van der Waals surface area contributed by atoms with Gasteiger partial charge in [-0.3, -0.25) is 9.69 Å². The minimum Gasteiger partial charge on any atom is -0.355 e. The first-order chi connectivity index (χ1) is 9.63. The van der Waals surface area contributed by atoms with E-state index < -0.39 is 0 Å². The molecule has 0 aromatic carbocycles. The molecule has 1 unspecified atom stereocenters. The maximum atomic E-state index is 11.9. The Morgan fingerprint density at radius 2 is 2.15 bits per heavy atom. The smallest absolute Gasteiger partial charge is 0.234 e. The highest BCUT2D eigenvalue weighted by molar-refractivity contribution is 5.78. The molecule has 0 radical (unpaired) electrons. The van der Waals surface area contributed by atoms with E-state index in [9.17, 15) is 4.79 Å². The van der Waals surface area contributed by atoms with Crippen LogP contribution in [0.2, 0.25) is 0 Å². The number of nitrogens with one attached hydrogen (secondary N) is 2. The van der Waals surface area contributed by atoms with Crippen molar-refractivity contribution in [3.63, 3.8) is 0 Å². The first-order valence-electron chi connectivity index (χ1n) is 8.35. The molecule has 0 bridgehead atoms. The third-order valence-corrected chi connectivity index (χ3v) is 3.88. The van der Waals surface area contributed by atoms with Gasteiger partial charge >= 0.3 is 0 Å². The summed E-state index contributed by atoms with van der Waals surface area (Å²) in [5.41, 5.74) is 0. The van der Waals surface area contributed by atoms with Crippen LogP contribution in [0.25, 0.3) is 0 Å². The van der Waals surface area contributed by atoms with Crippen molar-refractivity contribution in [2.24, 2.45) is 5.92 Å². The topological polar surface area (TPSA) is 44.4 Å². The summed E-state index contributed by atoms with van der Waals surface area (Å²) in [7, 11) is 0. The van der Waals surface area contributed by atoms with Gasteiger partial charge < -0.3 is 10.6 Å². The zero-order chi connectivity index (χ0) is 14.8. The third-order valence-electron chi connectivity index (χ3n) is 3.88. The van der Waals surface area contributed by atoms with Gasteiger partial charge in [-0.1, -0.05) is 33.6 Å². The Morgan fingerprint density at radius 1 is 1.35 bits per heavy atom. The molecule has 1 heterocycles. The van der Waals surface area contributed by atoms with Crippen LogP contribution in [0.1, 0.15) is 52.9 Å². The SMILES string of the molecule is CCCCNC(=O)CN1CCCCC1CNCC(C)C. The maximum Gasteiger partial charge on any atom is 0.234 e. The summed E-state index contributed by atoms with van der Waals surface area (Å²) >= 11 is 0. The Hall–Kier alpha value is -0.610. The fourth-order valence-electron chi connectivity index (χ4n) is 2.68. The van der Waals surface area contributed by atoms with E-state index in [-0.39, 0.29) is 5.91 Å². The first-order valence-corrected chi connectivity index (χ1v) is 8.35. The highest BCUT2D eigenvalue weighted by Crippen LogP contribution is 2.16. The molecule has 1 saturated heterocycles. The summed E-state index contributed by atoms with van der Waals surface area (Å²) in [5, 5.41) is 6.56. The van der Waals surface area contributed by atoms with E-state index in [1.54, 1.807) is 0 Å². The summed E-state index contributed by atoms with van der Waals surface area (Å²) in [4.78, 5) is 14.3. The second-order valence-corrected chi connectivity index (χ2v) is 6.38. The maximum absolute atomic E-state index is 11.9. The number of likely N-dealkylation sites (tertiary alicyclic amines) is 1. The molecule has 4 heteroatoms. The van der Waals surface area contributed by atoms with Gasteiger partial charge in [-0.25, -0.2) is 0 Å². The number of hydrogen-bond donors (Lipinski definition) is 2. The van der Waals surface area contributed by atoms with E-state index in [4.69, 9.17) is 0 Å². The van der Waals surface area contributed by atoms with E-state index in [0.717, 1.165) is 39.0 Å². The summed E-state index contributed by atoms with van der Waals surface area (Å²) in [5.74, 6) is 0.874. The fourth-order valence-corrected chi connectivity index (χ4v) is 2.68. The molecule has 1 aliphatic heterocycles. The largest absolute Gasteiger partial charge is 0.355 e. The minimum absolute atomic E-state index is 0.189. The molecule has 0 saturated carbocycles. The lowest BCUT2D eigenvalue weighted by molar-refractivity contribution is -0.123. The molecule has 0 aliphatic carbocycles. The van der Waals surface area contributed by atoms with Crippen molar-refractivity contribution < 1.29 is 4.79 Å². The molecule has 118 valence electrons. The van der Waals surface area contributed by atoms with Crippen molar-refractivity contribution in [2.45, 2.75) is 58.9 Å². The number of hydrogen-bond acceptors (Lipinski definition) is 3. The summed E-state index contributed by atoms with van der Waals surface area (Å²) in [6.07, 6.45) is 5.94. The van der Waals surface area contributed by atoms with E-state index in [1.165, 1.54) is 19.3 Å². The molecule has 0 aromatic heterocycles. The average Bonchev–Trinajstić information content (AvgIpc) is 2.40. The van der Waals surface area contributed by atoms with Crippen LogP contribution >= 0.6 is 0 Å². The third kappa shape index (κ3) is 7.25. The molecule has 0 spiro atoms. The van der Waals surface area contributed by atoms with Gasteiger partial charge in [0.05, 0.1) is 6.54 Å². The van der Waals surface area contributed by atoms with Crippen molar-refractivity contribution in [1.29, 1.82) is 0 Å². The zero-order valence-electron chi connectivity index (χ0n) is 13.6. The number of piperidine rings is 1. The second kappa shape index (κ2) is 10.2. The van der Waals surface area contributed by atoms with Crippen LogP contribution in [-0.4, -0.2) is 49.6 Å². The lowest BCUT2D eigenvalue weighted by Gasteiger charge is -2.35. The minimum atomic E-state index is 0.189. The van der Waals surface area contributed by atoms with Crippen LogP contribution in [0, 0.1) is 5.92 Å². The van der Waals surface area contributed by atoms with Gasteiger partial charge in [0.1, 0.15) is 0 Å². The first kappa shape index (κ1) is 17.4. The fraction of sp³-hybridized carbons (Fsp3) is 0.938. The van der Waals surface area contributed by atoms with Crippen molar-refractivity contribution >= 4 is 5.91 Å². The number of amides is 1. The Kier molecular flexibility index (Phi) is 8.86. The van der Waals surface area contributed by atoms with E-state index >= 15 is 0 Å². The number of carbonyl (C=O) groups excluding carboxylic acids is 1. The number of nitrogens with zero attached hydrogens (tertiary/aromatic N) is 1. The summed E-state index contributed by atoms with van der Waals surface area (Å²) < 4.78 is 0. The van der Waals surface area contributed by atoms with Crippen LogP contribution in [-0.2, 0) is 4.79 Å². The van der Waals surface area contributed by atoms with Crippen molar-refractivity contribution in [1.82, 2.24) is 15.5 Å². The number of unbranched alkanes of at least 4 members (excludes halogenated alkanes) is 1. The van der Waals surface area contributed by atoms with Gasteiger partial charge in [0, 0.05) is 19.1 Å². The predicted octanol–water partition coefficient (Wildman–Crippen LogP) is 2.00. The molecule has 1 rings (SSSR count). The van der Waals surface area contributed by atoms with Crippen LogP contribution in [0.15, 0.2) is 0 Å². The molecule has 1 amide bonds. The average molecular weight is 283 g/mol. The highest BCUT2D eigenvalue weighted by atomic mass is 16.2. The normalized spacial score (nSPS) is 20.3. The molecular weight excluding hydrogens is 250 g/mol. The quantitative estimate of drug-likeness (QED) is 0.636. The molecule has 1 fully saturated rings. The molecule has 4 nitrogen and oxygen atoms in total. The van der Waals surface area contributed by atoms with E-state index in [0.29, 0.717) is 18.5 Å². The Bertz CT molecular complexity index is 268. The highest BCUT2D eigenvalue weighted by Gasteiger charge is 2.23. The Morgan fingerprint density at radius 3 is 2.85 bits per heavy atom. The van der Waals surface area contributed by atoms with Crippen LogP contribution < -0.4 is 10.6 Å². The lowest BCUT2D eigenvalue weighted by atomic mass is 10.0. The molecular formula is C16H33N3O. The zero-order valence-corrected chi connectivity index (χ0v) is 13.6. The molecule has 0 aromatic rings. The van der Waals surface area contributed by atoms with Gasteiger partial charge in [0.15, 0.2) is 0 Å². The van der Waals surface area contributed by atoms with Gasteiger partial charge in [-0.2, -0.15) is 0 Å². The van der Waals surface area contributed by atoms with Gasteiger partial charge in [0.25, 0.3) is 0 Å². The van der Waals surface area contributed by atoms with Gasteiger partial charge in [0.2, 0.25) is 5.91 Å².